The first kappa shape index (κ1) is 15.5. The van der Waals surface area contributed by atoms with E-state index in [0.717, 1.165) is 28.6 Å². The highest BCUT2D eigenvalue weighted by Gasteiger charge is 2.20. The SMILES string of the molecule is CCC(C)c1ccc2nc(C(C)(C)C)cc(C(=O)O)c2c1. The molecule has 0 aliphatic heterocycles. The molecular formula is C18H23NO2. The molecule has 0 aliphatic rings. The van der Waals surface area contributed by atoms with Gasteiger partial charge in [-0.1, -0.05) is 40.7 Å². The van der Waals surface area contributed by atoms with Crippen LogP contribution in [0.1, 0.15) is 68.6 Å². The third-order valence-corrected chi connectivity index (χ3v) is 4.01. The molecule has 21 heavy (non-hydrogen) atoms. The minimum Gasteiger partial charge on any atom is -0.478 e. The lowest BCUT2D eigenvalue weighted by Gasteiger charge is -2.20. The number of hydrogen-bond acceptors (Lipinski definition) is 2. The molecule has 0 spiro atoms. The molecule has 1 aromatic carbocycles. The number of aromatic nitrogens is 1. The van der Waals surface area contributed by atoms with Crippen LogP contribution >= 0.6 is 0 Å². The van der Waals surface area contributed by atoms with Crippen LogP contribution in [-0.2, 0) is 5.41 Å². The predicted octanol–water partition coefficient (Wildman–Crippen LogP) is 4.74. The van der Waals surface area contributed by atoms with E-state index in [1.54, 1.807) is 6.07 Å². The van der Waals surface area contributed by atoms with Crippen LogP contribution < -0.4 is 0 Å². The van der Waals surface area contributed by atoms with Crippen molar-refractivity contribution >= 4 is 16.9 Å². The summed E-state index contributed by atoms with van der Waals surface area (Å²) in [5.41, 5.74) is 2.90. The van der Waals surface area contributed by atoms with Gasteiger partial charge in [-0.15, -0.1) is 0 Å². The fraction of sp³-hybridized carbons (Fsp3) is 0.444. The maximum atomic E-state index is 11.6. The number of rotatable bonds is 3. The quantitative estimate of drug-likeness (QED) is 0.885. The van der Waals surface area contributed by atoms with Gasteiger partial charge >= 0.3 is 5.97 Å². The van der Waals surface area contributed by atoms with Gasteiger partial charge in [-0.2, -0.15) is 0 Å². The predicted molar refractivity (Wildman–Crippen MR) is 86.1 cm³/mol. The van der Waals surface area contributed by atoms with Crippen molar-refractivity contribution in [2.45, 2.75) is 52.4 Å². The molecule has 1 heterocycles. The molecule has 0 bridgehead atoms. The van der Waals surface area contributed by atoms with Gasteiger partial charge in [0, 0.05) is 16.5 Å². The average molecular weight is 285 g/mol. The molecule has 1 aromatic heterocycles. The molecule has 2 rings (SSSR count). The van der Waals surface area contributed by atoms with E-state index >= 15 is 0 Å². The number of aromatic carboxylic acids is 1. The Kier molecular flexibility index (Phi) is 4.04. The van der Waals surface area contributed by atoms with Crippen LogP contribution in [0, 0.1) is 0 Å². The Labute approximate surface area is 126 Å². The monoisotopic (exact) mass is 285 g/mol. The number of fused-ring (bicyclic) bond motifs is 1. The van der Waals surface area contributed by atoms with Crippen molar-refractivity contribution in [1.29, 1.82) is 0 Å². The van der Waals surface area contributed by atoms with Gasteiger partial charge in [0.05, 0.1) is 11.1 Å². The van der Waals surface area contributed by atoms with Gasteiger partial charge in [-0.3, -0.25) is 4.98 Å². The van der Waals surface area contributed by atoms with E-state index in [0.29, 0.717) is 11.5 Å². The zero-order valence-corrected chi connectivity index (χ0v) is 13.4. The lowest BCUT2D eigenvalue weighted by atomic mass is 9.89. The Bertz CT molecular complexity index is 683. The molecule has 2 aromatic rings. The second-order valence-corrected chi connectivity index (χ2v) is 6.70. The third-order valence-electron chi connectivity index (χ3n) is 4.01. The maximum absolute atomic E-state index is 11.6. The summed E-state index contributed by atoms with van der Waals surface area (Å²) in [6.45, 7) is 10.4. The van der Waals surface area contributed by atoms with Crippen molar-refractivity contribution < 1.29 is 9.90 Å². The molecule has 1 unspecified atom stereocenters. The molecule has 0 radical (unpaired) electrons. The van der Waals surface area contributed by atoms with Gasteiger partial charge in [0.2, 0.25) is 0 Å². The number of nitrogens with zero attached hydrogens (tertiary/aromatic N) is 1. The molecule has 0 fully saturated rings. The first-order chi connectivity index (χ1) is 9.74. The Morgan fingerprint density at radius 1 is 1.29 bits per heavy atom. The molecule has 1 N–H and O–H groups in total. The highest BCUT2D eigenvalue weighted by molar-refractivity contribution is 6.02. The second kappa shape index (κ2) is 5.47. The van der Waals surface area contributed by atoms with E-state index < -0.39 is 5.97 Å². The summed E-state index contributed by atoms with van der Waals surface area (Å²) in [7, 11) is 0. The Morgan fingerprint density at radius 3 is 2.48 bits per heavy atom. The van der Waals surface area contributed by atoms with E-state index in [1.807, 2.05) is 32.9 Å². The van der Waals surface area contributed by atoms with Crippen LogP contribution in [0.15, 0.2) is 24.3 Å². The summed E-state index contributed by atoms with van der Waals surface area (Å²) in [5, 5.41) is 10.3. The van der Waals surface area contributed by atoms with E-state index in [2.05, 4.69) is 24.9 Å². The molecule has 0 saturated heterocycles. The molecule has 1 atom stereocenters. The van der Waals surface area contributed by atoms with Crippen molar-refractivity contribution in [3.63, 3.8) is 0 Å². The molecule has 0 amide bonds. The molecule has 112 valence electrons. The topological polar surface area (TPSA) is 50.2 Å². The highest BCUT2D eigenvalue weighted by Crippen LogP contribution is 2.29. The number of benzene rings is 1. The fourth-order valence-corrected chi connectivity index (χ4v) is 2.35. The summed E-state index contributed by atoms with van der Waals surface area (Å²) in [6.07, 6.45) is 1.03. The van der Waals surface area contributed by atoms with Crippen molar-refractivity contribution in [3.05, 3.63) is 41.1 Å². The summed E-state index contributed by atoms with van der Waals surface area (Å²) >= 11 is 0. The normalized spacial score (nSPS) is 13.4. The fourth-order valence-electron chi connectivity index (χ4n) is 2.35. The summed E-state index contributed by atoms with van der Waals surface area (Å²) in [6, 6.07) is 7.69. The maximum Gasteiger partial charge on any atom is 0.336 e. The van der Waals surface area contributed by atoms with Crippen LogP contribution in [0.25, 0.3) is 10.9 Å². The number of hydrogen-bond donors (Lipinski definition) is 1. The molecular weight excluding hydrogens is 262 g/mol. The van der Waals surface area contributed by atoms with E-state index in [-0.39, 0.29) is 5.41 Å². The van der Waals surface area contributed by atoms with Crippen molar-refractivity contribution in [2.75, 3.05) is 0 Å². The first-order valence-corrected chi connectivity index (χ1v) is 7.42. The van der Waals surface area contributed by atoms with Gasteiger partial charge in [0.15, 0.2) is 0 Å². The summed E-state index contributed by atoms with van der Waals surface area (Å²) in [5.74, 6) is -0.479. The van der Waals surface area contributed by atoms with Crippen LogP contribution in [-0.4, -0.2) is 16.1 Å². The van der Waals surface area contributed by atoms with E-state index in [4.69, 9.17) is 0 Å². The van der Waals surface area contributed by atoms with E-state index in [9.17, 15) is 9.90 Å². The number of carboxylic acid groups (broad SMARTS) is 1. The van der Waals surface area contributed by atoms with Crippen LogP contribution in [0.2, 0.25) is 0 Å². The van der Waals surface area contributed by atoms with Crippen LogP contribution in [0.3, 0.4) is 0 Å². The number of carboxylic acids is 1. The molecule has 3 nitrogen and oxygen atoms in total. The summed E-state index contributed by atoms with van der Waals surface area (Å²) < 4.78 is 0. The minimum absolute atomic E-state index is 0.173. The van der Waals surface area contributed by atoms with Gasteiger partial charge in [0.25, 0.3) is 0 Å². The second-order valence-electron chi connectivity index (χ2n) is 6.70. The largest absolute Gasteiger partial charge is 0.478 e. The average Bonchev–Trinajstić information content (AvgIpc) is 2.43. The van der Waals surface area contributed by atoms with Gasteiger partial charge in [-0.05, 0) is 36.1 Å². The van der Waals surface area contributed by atoms with Gasteiger partial charge in [-0.25, -0.2) is 4.79 Å². The van der Waals surface area contributed by atoms with Crippen LogP contribution in [0.4, 0.5) is 0 Å². The van der Waals surface area contributed by atoms with Crippen molar-refractivity contribution in [2.24, 2.45) is 0 Å². The molecule has 0 saturated carbocycles. The Balaban J connectivity index is 2.74. The molecule has 0 aliphatic carbocycles. The van der Waals surface area contributed by atoms with Gasteiger partial charge < -0.3 is 5.11 Å². The minimum atomic E-state index is -0.894. The smallest absolute Gasteiger partial charge is 0.336 e. The Hall–Kier alpha value is -1.90. The van der Waals surface area contributed by atoms with Crippen molar-refractivity contribution in [1.82, 2.24) is 4.98 Å². The lowest BCUT2D eigenvalue weighted by Crippen LogP contribution is -2.15. The number of carbonyl (C=O) groups is 1. The zero-order chi connectivity index (χ0) is 15.8. The van der Waals surface area contributed by atoms with Crippen LogP contribution in [0.5, 0.6) is 0 Å². The Morgan fingerprint density at radius 2 is 1.95 bits per heavy atom. The lowest BCUT2D eigenvalue weighted by molar-refractivity contribution is 0.0699. The highest BCUT2D eigenvalue weighted by atomic mass is 16.4. The zero-order valence-electron chi connectivity index (χ0n) is 13.4. The van der Waals surface area contributed by atoms with Gasteiger partial charge in [0.1, 0.15) is 0 Å². The third kappa shape index (κ3) is 3.07. The van der Waals surface area contributed by atoms with E-state index in [1.165, 1.54) is 0 Å². The van der Waals surface area contributed by atoms with Crippen molar-refractivity contribution in [3.8, 4) is 0 Å². The summed E-state index contributed by atoms with van der Waals surface area (Å²) in [4.78, 5) is 16.3. The first-order valence-electron chi connectivity index (χ1n) is 7.42. The standard InChI is InChI=1S/C18H23NO2/c1-6-11(2)12-7-8-15-13(9-12)14(17(20)21)10-16(19-15)18(3,4)5/h7-11H,6H2,1-5H3,(H,20,21). The number of pyridine rings is 1. The molecule has 3 heteroatoms.